The summed E-state index contributed by atoms with van der Waals surface area (Å²) in [5.74, 6) is 1.73. The predicted octanol–water partition coefficient (Wildman–Crippen LogP) is 2.71. The minimum absolute atomic E-state index is 0.309. The molecule has 1 aromatic heterocycles. The minimum Gasteiger partial charge on any atom is -0.497 e. The summed E-state index contributed by atoms with van der Waals surface area (Å²) in [6, 6.07) is 8.77. The number of piperidine rings is 1. The number of aliphatic imine (C=N–C) groups is 1. The quantitative estimate of drug-likeness (QED) is 0.529. The second-order valence-electron chi connectivity index (χ2n) is 7.48. The first-order chi connectivity index (χ1) is 14.2. The summed E-state index contributed by atoms with van der Waals surface area (Å²) in [6.07, 6.45) is 7.72. The van der Waals surface area contributed by atoms with E-state index in [1.165, 1.54) is 24.8 Å². The van der Waals surface area contributed by atoms with Gasteiger partial charge in [0.2, 0.25) is 0 Å². The lowest BCUT2D eigenvalue weighted by atomic mass is 10.0. The molecule has 0 radical (unpaired) electrons. The van der Waals surface area contributed by atoms with Gasteiger partial charge >= 0.3 is 0 Å². The van der Waals surface area contributed by atoms with Crippen molar-refractivity contribution < 1.29 is 4.74 Å². The molecule has 1 aliphatic heterocycles. The second kappa shape index (κ2) is 10.9. The van der Waals surface area contributed by atoms with Crippen molar-refractivity contribution in [2.75, 3.05) is 33.3 Å². The van der Waals surface area contributed by atoms with Crippen LogP contribution in [0.4, 0.5) is 0 Å². The minimum atomic E-state index is 0.309. The van der Waals surface area contributed by atoms with Crippen LogP contribution in [0.5, 0.6) is 5.75 Å². The molecule has 0 spiro atoms. The monoisotopic (exact) mass is 398 g/mol. The SMILES string of the molecule is CCNC(=NCc1cnn(C)c1)NCC(c1ccc(OC)cc1)N1CCCCC1. The molecule has 7 nitrogen and oxygen atoms in total. The maximum atomic E-state index is 5.34. The summed E-state index contributed by atoms with van der Waals surface area (Å²) in [6.45, 7) is 6.62. The molecule has 29 heavy (non-hydrogen) atoms. The third-order valence-corrected chi connectivity index (χ3v) is 5.32. The second-order valence-corrected chi connectivity index (χ2v) is 7.48. The van der Waals surface area contributed by atoms with Crippen LogP contribution < -0.4 is 15.4 Å². The average molecular weight is 399 g/mol. The van der Waals surface area contributed by atoms with E-state index in [1.807, 2.05) is 31.6 Å². The van der Waals surface area contributed by atoms with Crippen molar-refractivity contribution in [2.24, 2.45) is 12.0 Å². The van der Waals surface area contributed by atoms with E-state index in [0.29, 0.717) is 12.6 Å². The first kappa shape index (κ1) is 21.2. The third-order valence-electron chi connectivity index (χ3n) is 5.32. The van der Waals surface area contributed by atoms with Crippen molar-refractivity contribution in [3.05, 3.63) is 47.8 Å². The smallest absolute Gasteiger partial charge is 0.191 e. The summed E-state index contributed by atoms with van der Waals surface area (Å²) in [5.41, 5.74) is 2.41. The Morgan fingerprint density at radius 3 is 2.55 bits per heavy atom. The number of methoxy groups -OCH3 is 1. The Kier molecular flexibility index (Phi) is 7.93. The lowest BCUT2D eigenvalue weighted by molar-refractivity contribution is 0.164. The van der Waals surface area contributed by atoms with Crippen LogP contribution >= 0.6 is 0 Å². The molecule has 2 N–H and O–H groups in total. The normalized spacial score (nSPS) is 16.4. The zero-order chi connectivity index (χ0) is 20.5. The van der Waals surface area contributed by atoms with Gasteiger partial charge in [0.25, 0.3) is 0 Å². The van der Waals surface area contributed by atoms with Gasteiger partial charge in [-0.15, -0.1) is 0 Å². The van der Waals surface area contributed by atoms with Gasteiger partial charge in [-0.2, -0.15) is 5.10 Å². The van der Waals surface area contributed by atoms with Crippen LogP contribution in [0.2, 0.25) is 0 Å². The van der Waals surface area contributed by atoms with E-state index < -0.39 is 0 Å². The van der Waals surface area contributed by atoms with E-state index in [1.54, 1.807) is 11.8 Å². The number of hydrogen-bond donors (Lipinski definition) is 2. The summed E-state index contributed by atoms with van der Waals surface area (Å²) in [7, 11) is 3.63. The highest BCUT2D eigenvalue weighted by Crippen LogP contribution is 2.25. The molecule has 2 heterocycles. The van der Waals surface area contributed by atoms with E-state index >= 15 is 0 Å². The fourth-order valence-electron chi connectivity index (χ4n) is 3.77. The van der Waals surface area contributed by atoms with Gasteiger partial charge in [-0.3, -0.25) is 9.58 Å². The summed E-state index contributed by atoms with van der Waals surface area (Å²) >= 11 is 0. The lowest BCUT2D eigenvalue weighted by Crippen LogP contribution is -2.44. The number of aryl methyl sites for hydroxylation is 1. The van der Waals surface area contributed by atoms with Crippen LogP contribution in [0.15, 0.2) is 41.7 Å². The molecule has 1 unspecified atom stereocenters. The number of aromatic nitrogens is 2. The standard InChI is InChI=1S/C22H34N6O/c1-4-23-22(24-14-18-15-26-27(2)17-18)25-16-21(28-12-6-5-7-13-28)19-8-10-20(29-3)11-9-19/h8-11,15,17,21H,4-7,12-14,16H2,1-3H3,(H2,23,24,25). The van der Waals surface area contributed by atoms with Gasteiger partial charge in [-0.25, -0.2) is 4.99 Å². The molecule has 2 aromatic rings. The van der Waals surface area contributed by atoms with Crippen molar-refractivity contribution in [2.45, 2.75) is 38.8 Å². The van der Waals surface area contributed by atoms with Crippen molar-refractivity contribution in [1.29, 1.82) is 0 Å². The van der Waals surface area contributed by atoms with Crippen molar-refractivity contribution in [1.82, 2.24) is 25.3 Å². The number of rotatable bonds is 8. The van der Waals surface area contributed by atoms with Crippen LogP contribution in [-0.2, 0) is 13.6 Å². The molecule has 158 valence electrons. The van der Waals surface area contributed by atoms with Gasteiger partial charge in [0.05, 0.1) is 25.9 Å². The van der Waals surface area contributed by atoms with Gasteiger partial charge in [0, 0.05) is 31.9 Å². The topological polar surface area (TPSA) is 66.7 Å². The number of hydrogen-bond acceptors (Lipinski definition) is 4. The van der Waals surface area contributed by atoms with Gasteiger partial charge in [-0.1, -0.05) is 18.6 Å². The molecule has 1 aromatic carbocycles. The zero-order valence-electron chi connectivity index (χ0n) is 17.9. The van der Waals surface area contributed by atoms with Crippen molar-refractivity contribution >= 4 is 5.96 Å². The Hall–Kier alpha value is -2.54. The number of benzene rings is 1. The van der Waals surface area contributed by atoms with Gasteiger partial charge in [-0.05, 0) is 50.6 Å². The number of likely N-dealkylation sites (tertiary alicyclic amines) is 1. The van der Waals surface area contributed by atoms with Crippen molar-refractivity contribution in [3.8, 4) is 5.75 Å². The Labute approximate surface area is 174 Å². The number of ether oxygens (including phenoxy) is 1. The molecular formula is C22H34N6O. The Bertz CT molecular complexity index is 764. The molecule has 1 fully saturated rings. The molecule has 0 saturated carbocycles. The molecule has 1 aliphatic rings. The molecule has 0 amide bonds. The van der Waals surface area contributed by atoms with E-state index in [-0.39, 0.29) is 0 Å². The van der Waals surface area contributed by atoms with Crippen LogP contribution in [0.1, 0.15) is 43.4 Å². The Morgan fingerprint density at radius 2 is 1.93 bits per heavy atom. The highest BCUT2D eigenvalue weighted by atomic mass is 16.5. The molecule has 0 aliphatic carbocycles. The van der Waals surface area contributed by atoms with Gasteiger partial charge in [0.15, 0.2) is 5.96 Å². The molecule has 1 saturated heterocycles. The van der Waals surface area contributed by atoms with Crippen LogP contribution in [0.25, 0.3) is 0 Å². The average Bonchev–Trinajstić information content (AvgIpc) is 3.18. The molecule has 3 rings (SSSR count). The fraction of sp³-hybridized carbons (Fsp3) is 0.545. The van der Waals surface area contributed by atoms with Gasteiger partial charge in [0.1, 0.15) is 5.75 Å². The predicted molar refractivity (Wildman–Crippen MR) is 117 cm³/mol. The molecular weight excluding hydrogens is 364 g/mol. The van der Waals surface area contributed by atoms with E-state index in [4.69, 9.17) is 9.73 Å². The van der Waals surface area contributed by atoms with E-state index in [9.17, 15) is 0 Å². The van der Waals surface area contributed by atoms with Crippen LogP contribution in [0, 0.1) is 0 Å². The molecule has 7 heteroatoms. The highest BCUT2D eigenvalue weighted by Gasteiger charge is 2.22. The Morgan fingerprint density at radius 1 is 1.17 bits per heavy atom. The molecule has 1 atom stereocenters. The maximum Gasteiger partial charge on any atom is 0.191 e. The summed E-state index contributed by atoms with van der Waals surface area (Å²) < 4.78 is 7.14. The van der Waals surface area contributed by atoms with E-state index in [2.05, 4.69) is 39.7 Å². The number of guanidine groups is 1. The third kappa shape index (κ3) is 6.22. The molecule has 0 bridgehead atoms. The van der Waals surface area contributed by atoms with Crippen molar-refractivity contribution in [3.63, 3.8) is 0 Å². The number of nitrogens with one attached hydrogen (secondary N) is 2. The highest BCUT2D eigenvalue weighted by molar-refractivity contribution is 5.79. The lowest BCUT2D eigenvalue weighted by Gasteiger charge is -2.35. The number of nitrogens with zero attached hydrogens (tertiary/aromatic N) is 4. The Balaban J connectivity index is 1.70. The van der Waals surface area contributed by atoms with Gasteiger partial charge < -0.3 is 15.4 Å². The first-order valence-electron chi connectivity index (χ1n) is 10.6. The van der Waals surface area contributed by atoms with Crippen LogP contribution in [-0.4, -0.2) is 53.9 Å². The summed E-state index contributed by atoms with van der Waals surface area (Å²) in [4.78, 5) is 7.32. The summed E-state index contributed by atoms with van der Waals surface area (Å²) in [5, 5.41) is 11.1. The first-order valence-corrected chi connectivity index (χ1v) is 10.6. The zero-order valence-corrected chi connectivity index (χ0v) is 17.9. The fourth-order valence-corrected chi connectivity index (χ4v) is 3.77. The maximum absolute atomic E-state index is 5.34. The van der Waals surface area contributed by atoms with E-state index in [0.717, 1.165) is 43.5 Å². The van der Waals surface area contributed by atoms with Crippen LogP contribution in [0.3, 0.4) is 0 Å². The largest absolute Gasteiger partial charge is 0.497 e.